The lowest BCUT2D eigenvalue weighted by Gasteiger charge is -2.21. The van der Waals surface area contributed by atoms with Gasteiger partial charge in [0.25, 0.3) is 0 Å². The first-order chi connectivity index (χ1) is 7.26. The van der Waals surface area contributed by atoms with Gasteiger partial charge in [0.05, 0.1) is 0 Å². The first-order valence-electron chi connectivity index (χ1n) is 5.48. The second kappa shape index (κ2) is 7.96. The number of aliphatic carboxylic acids is 1. The molecule has 0 aliphatic rings. The summed E-state index contributed by atoms with van der Waals surface area (Å²) in [4.78, 5) is 21.7. The van der Waals surface area contributed by atoms with E-state index in [0.717, 1.165) is 0 Å². The highest BCUT2D eigenvalue weighted by Gasteiger charge is 2.22. The molecule has 1 unspecified atom stereocenters. The van der Waals surface area contributed by atoms with Gasteiger partial charge < -0.3 is 15.2 Å². The number of alkyl carbamates (subject to hydrolysis) is 1. The van der Waals surface area contributed by atoms with Crippen molar-refractivity contribution in [3.8, 4) is 0 Å². The van der Waals surface area contributed by atoms with E-state index in [1.807, 2.05) is 13.8 Å². The van der Waals surface area contributed by atoms with Gasteiger partial charge >= 0.3 is 12.1 Å². The summed E-state index contributed by atoms with van der Waals surface area (Å²) in [6.07, 6.45) is -0.374. The maximum absolute atomic E-state index is 11.1. The van der Waals surface area contributed by atoms with Crippen molar-refractivity contribution in [3.05, 3.63) is 0 Å². The van der Waals surface area contributed by atoms with Crippen molar-refractivity contribution in [2.45, 2.75) is 59.6 Å². The number of hydrogen-bond donors (Lipinski definition) is 2. The van der Waals surface area contributed by atoms with Crippen molar-refractivity contribution in [1.29, 1.82) is 0 Å². The highest BCUT2D eigenvalue weighted by atomic mass is 16.6. The van der Waals surface area contributed by atoms with Gasteiger partial charge in [0.2, 0.25) is 0 Å². The fourth-order valence-electron chi connectivity index (χ4n) is 0.788. The monoisotopic (exact) mass is 233 g/mol. The fourth-order valence-corrected chi connectivity index (χ4v) is 0.788. The van der Waals surface area contributed by atoms with Crippen molar-refractivity contribution in [1.82, 2.24) is 5.32 Å². The Morgan fingerprint density at radius 3 is 2.00 bits per heavy atom. The first-order valence-corrected chi connectivity index (χ1v) is 5.48. The Bertz CT molecular complexity index is 221. The summed E-state index contributed by atoms with van der Waals surface area (Å²) in [5, 5.41) is 10.9. The first kappa shape index (κ1) is 17.1. The van der Waals surface area contributed by atoms with E-state index in [2.05, 4.69) is 5.32 Å². The van der Waals surface area contributed by atoms with Gasteiger partial charge in [-0.3, -0.25) is 0 Å². The summed E-state index contributed by atoms with van der Waals surface area (Å²) >= 11 is 0. The lowest BCUT2D eigenvalue weighted by Crippen LogP contribution is -2.43. The highest BCUT2D eigenvalue weighted by Crippen LogP contribution is 2.07. The summed E-state index contributed by atoms with van der Waals surface area (Å²) in [6, 6.07) is -0.884. The molecule has 0 radical (unpaired) electrons. The average Bonchev–Trinajstić information content (AvgIpc) is 2.14. The van der Waals surface area contributed by atoms with Crippen LogP contribution in [0.4, 0.5) is 4.79 Å². The standard InChI is InChI=1S/C9H17NO4.C2H6/c1-5-6(7(11)12)10-8(13)14-9(2,3)4;1-2/h6H,5H2,1-4H3,(H,10,13)(H,11,12);1-2H3. The fraction of sp³-hybridized carbons (Fsp3) is 0.818. The number of ether oxygens (including phenoxy) is 1. The minimum Gasteiger partial charge on any atom is -0.480 e. The molecule has 1 atom stereocenters. The molecule has 5 nitrogen and oxygen atoms in total. The van der Waals surface area contributed by atoms with Crippen molar-refractivity contribution >= 4 is 12.1 Å². The van der Waals surface area contributed by atoms with Gasteiger partial charge in [0.15, 0.2) is 0 Å². The molecule has 0 bridgehead atoms. The molecule has 1 amide bonds. The summed E-state index contributed by atoms with van der Waals surface area (Å²) in [7, 11) is 0. The molecule has 0 aliphatic heterocycles. The van der Waals surface area contributed by atoms with Crippen LogP contribution < -0.4 is 5.32 Å². The lowest BCUT2D eigenvalue weighted by molar-refractivity contribution is -0.139. The Balaban J connectivity index is 0. The Kier molecular flexibility index (Phi) is 8.53. The lowest BCUT2D eigenvalue weighted by atomic mass is 10.2. The third-order valence-electron chi connectivity index (χ3n) is 1.40. The third-order valence-corrected chi connectivity index (χ3v) is 1.40. The van der Waals surface area contributed by atoms with Crippen LogP contribution in [0.1, 0.15) is 48.0 Å². The van der Waals surface area contributed by atoms with Crippen molar-refractivity contribution in [2.75, 3.05) is 0 Å². The molecule has 0 saturated heterocycles. The predicted octanol–water partition coefficient (Wildman–Crippen LogP) is 2.40. The Labute approximate surface area is 97.2 Å². The zero-order valence-corrected chi connectivity index (χ0v) is 11.0. The molecule has 0 spiro atoms. The maximum Gasteiger partial charge on any atom is 0.408 e. The number of rotatable bonds is 3. The summed E-state index contributed by atoms with van der Waals surface area (Å²) in [6.45, 7) is 10.8. The molecule has 2 N–H and O–H groups in total. The molecular weight excluding hydrogens is 210 g/mol. The van der Waals surface area contributed by atoms with Crippen molar-refractivity contribution < 1.29 is 19.4 Å². The van der Waals surface area contributed by atoms with E-state index < -0.39 is 23.7 Å². The second-order valence-electron chi connectivity index (χ2n) is 3.95. The van der Waals surface area contributed by atoms with Crippen LogP contribution in [0.15, 0.2) is 0 Å². The van der Waals surface area contributed by atoms with E-state index in [-0.39, 0.29) is 0 Å². The smallest absolute Gasteiger partial charge is 0.408 e. The quantitative estimate of drug-likeness (QED) is 0.784. The molecular formula is C11H23NO4. The van der Waals surface area contributed by atoms with Gasteiger partial charge in [-0.1, -0.05) is 20.8 Å². The summed E-state index contributed by atoms with van der Waals surface area (Å²) in [5.74, 6) is -1.06. The summed E-state index contributed by atoms with van der Waals surface area (Å²) in [5.41, 5.74) is -0.610. The van der Waals surface area contributed by atoms with E-state index in [1.54, 1.807) is 27.7 Å². The van der Waals surface area contributed by atoms with E-state index >= 15 is 0 Å². The Hall–Kier alpha value is -1.26. The van der Waals surface area contributed by atoms with Crippen LogP contribution in [0.25, 0.3) is 0 Å². The number of carboxylic acids is 1. The van der Waals surface area contributed by atoms with Gasteiger partial charge in [0, 0.05) is 0 Å². The third kappa shape index (κ3) is 9.30. The topological polar surface area (TPSA) is 75.6 Å². The Morgan fingerprint density at radius 2 is 1.75 bits per heavy atom. The van der Waals surface area contributed by atoms with Crippen LogP contribution in [0.3, 0.4) is 0 Å². The van der Waals surface area contributed by atoms with Gasteiger partial charge in [-0.15, -0.1) is 0 Å². The van der Waals surface area contributed by atoms with Crippen LogP contribution in [-0.4, -0.2) is 28.8 Å². The van der Waals surface area contributed by atoms with E-state index in [0.29, 0.717) is 6.42 Å². The van der Waals surface area contributed by atoms with E-state index in [4.69, 9.17) is 9.84 Å². The Morgan fingerprint density at radius 1 is 1.31 bits per heavy atom. The predicted molar refractivity (Wildman–Crippen MR) is 62.4 cm³/mol. The highest BCUT2D eigenvalue weighted by molar-refractivity contribution is 5.79. The van der Waals surface area contributed by atoms with E-state index in [9.17, 15) is 9.59 Å². The number of nitrogens with one attached hydrogen (secondary N) is 1. The van der Waals surface area contributed by atoms with Crippen molar-refractivity contribution in [3.63, 3.8) is 0 Å². The molecule has 5 heteroatoms. The van der Waals surface area contributed by atoms with Gasteiger partial charge in [-0.2, -0.15) is 0 Å². The van der Waals surface area contributed by atoms with Crippen molar-refractivity contribution in [2.24, 2.45) is 0 Å². The number of carbonyl (C=O) groups excluding carboxylic acids is 1. The molecule has 0 aromatic rings. The molecule has 0 aromatic carbocycles. The summed E-state index contributed by atoms with van der Waals surface area (Å²) < 4.78 is 4.91. The van der Waals surface area contributed by atoms with Crippen LogP contribution in [-0.2, 0) is 9.53 Å². The van der Waals surface area contributed by atoms with Crippen LogP contribution in [0.2, 0.25) is 0 Å². The van der Waals surface area contributed by atoms with Crippen LogP contribution >= 0.6 is 0 Å². The molecule has 0 aliphatic carbocycles. The number of amides is 1. The molecule has 0 saturated carbocycles. The minimum absolute atomic E-state index is 0.328. The number of carbonyl (C=O) groups is 2. The number of hydrogen-bond acceptors (Lipinski definition) is 3. The van der Waals surface area contributed by atoms with Crippen LogP contribution in [0.5, 0.6) is 0 Å². The van der Waals surface area contributed by atoms with Crippen LogP contribution in [0, 0.1) is 0 Å². The zero-order valence-electron chi connectivity index (χ0n) is 11.0. The largest absolute Gasteiger partial charge is 0.480 e. The van der Waals surface area contributed by atoms with Gasteiger partial charge in [0.1, 0.15) is 11.6 Å². The molecule has 0 rings (SSSR count). The van der Waals surface area contributed by atoms with E-state index in [1.165, 1.54) is 0 Å². The SMILES string of the molecule is CC.CCC(NC(=O)OC(C)(C)C)C(=O)O. The molecule has 96 valence electrons. The van der Waals surface area contributed by atoms with Gasteiger partial charge in [-0.25, -0.2) is 9.59 Å². The normalized spacial score (nSPS) is 11.9. The number of carboxylic acid groups (broad SMARTS) is 1. The average molecular weight is 233 g/mol. The minimum atomic E-state index is -1.06. The molecule has 16 heavy (non-hydrogen) atoms. The molecule has 0 fully saturated rings. The maximum atomic E-state index is 11.1. The zero-order chi connectivity index (χ0) is 13.4. The second-order valence-corrected chi connectivity index (χ2v) is 3.95. The molecule has 0 heterocycles. The van der Waals surface area contributed by atoms with Gasteiger partial charge in [-0.05, 0) is 27.2 Å². The molecule has 0 aromatic heterocycles.